The zero-order valence-corrected chi connectivity index (χ0v) is 13.5. The van der Waals surface area contributed by atoms with Gasteiger partial charge in [-0.25, -0.2) is 8.42 Å². The molecule has 1 heterocycles. The molecule has 0 atom stereocenters. The van der Waals surface area contributed by atoms with E-state index in [1.807, 2.05) is 0 Å². The summed E-state index contributed by atoms with van der Waals surface area (Å²) in [7, 11) is -0.937. The van der Waals surface area contributed by atoms with Crippen LogP contribution in [0.1, 0.15) is 5.56 Å². The molecule has 0 aliphatic heterocycles. The Morgan fingerprint density at radius 3 is 2.04 bits per heavy atom. The van der Waals surface area contributed by atoms with Gasteiger partial charge < -0.3 is 10.6 Å². The minimum atomic E-state index is -4.54. The maximum atomic E-state index is 12.5. The second-order valence-corrected chi connectivity index (χ2v) is 6.27. The van der Waals surface area contributed by atoms with Gasteiger partial charge in [0.25, 0.3) is 10.0 Å². The summed E-state index contributed by atoms with van der Waals surface area (Å²) < 4.78 is 64.3. The number of alkyl halides is 3. The van der Waals surface area contributed by atoms with Gasteiger partial charge in [-0.1, -0.05) is 0 Å². The summed E-state index contributed by atoms with van der Waals surface area (Å²) in [5, 5.41) is 5.41. The van der Waals surface area contributed by atoms with Crippen LogP contribution in [0.15, 0.2) is 35.2 Å². The highest BCUT2D eigenvalue weighted by atomic mass is 32.2. The number of benzene rings is 1. The van der Waals surface area contributed by atoms with E-state index in [1.54, 1.807) is 14.1 Å². The Morgan fingerprint density at radius 2 is 1.54 bits per heavy atom. The SMILES string of the molecule is CNc1cc(NS(=O)(=O)c2ccc(C(F)(F)F)cc2)nc(NC)n1. The smallest absolute Gasteiger partial charge is 0.373 e. The van der Waals surface area contributed by atoms with Gasteiger partial charge in [-0.15, -0.1) is 0 Å². The summed E-state index contributed by atoms with van der Waals surface area (Å²) in [6.07, 6.45) is -4.54. The quantitative estimate of drug-likeness (QED) is 0.757. The Labute approximate surface area is 136 Å². The molecule has 2 rings (SSSR count). The van der Waals surface area contributed by atoms with E-state index in [1.165, 1.54) is 6.07 Å². The summed E-state index contributed by atoms with van der Waals surface area (Å²) in [4.78, 5) is 7.64. The summed E-state index contributed by atoms with van der Waals surface area (Å²) >= 11 is 0. The number of hydrogen-bond acceptors (Lipinski definition) is 6. The van der Waals surface area contributed by atoms with E-state index < -0.39 is 21.8 Å². The minimum absolute atomic E-state index is 0.0291. The number of halogens is 3. The van der Waals surface area contributed by atoms with Gasteiger partial charge in [0.2, 0.25) is 5.95 Å². The number of rotatable bonds is 5. The van der Waals surface area contributed by atoms with Gasteiger partial charge in [0.05, 0.1) is 10.5 Å². The maximum Gasteiger partial charge on any atom is 0.416 e. The third kappa shape index (κ3) is 4.04. The first-order valence-electron chi connectivity index (χ1n) is 6.60. The Morgan fingerprint density at radius 1 is 0.958 bits per heavy atom. The molecule has 0 saturated heterocycles. The van der Waals surface area contributed by atoms with Gasteiger partial charge in [-0.3, -0.25) is 4.72 Å². The molecular weight excluding hydrogens is 347 g/mol. The van der Waals surface area contributed by atoms with Crippen molar-refractivity contribution in [1.82, 2.24) is 9.97 Å². The fraction of sp³-hybridized carbons (Fsp3) is 0.231. The fourth-order valence-corrected chi connectivity index (χ4v) is 2.75. The van der Waals surface area contributed by atoms with Crippen molar-refractivity contribution in [2.45, 2.75) is 11.1 Å². The largest absolute Gasteiger partial charge is 0.416 e. The zero-order chi connectivity index (χ0) is 18.0. The van der Waals surface area contributed by atoms with Crippen molar-refractivity contribution in [1.29, 1.82) is 0 Å². The van der Waals surface area contributed by atoms with Gasteiger partial charge in [0.1, 0.15) is 11.6 Å². The van der Waals surface area contributed by atoms with Crippen LogP contribution in [0.25, 0.3) is 0 Å². The second kappa shape index (κ2) is 6.51. The molecule has 24 heavy (non-hydrogen) atoms. The van der Waals surface area contributed by atoms with Crippen LogP contribution in [-0.4, -0.2) is 32.5 Å². The van der Waals surface area contributed by atoms with Gasteiger partial charge >= 0.3 is 6.18 Å². The summed E-state index contributed by atoms with van der Waals surface area (Å²) in [6, 6.07) is 4.51. The molecule has 0 aliphatic rings. The first-order valence-corrected chi connectivity index (χ1v) is 8.08. The van der Waals surface area contributed by atoms with Crippen LogP contribution >= 0.6 is 0 Å². The average molecular weight is 361 g/mol. The predicted octanol–water partition coefficient (Wildman–Crippen LogP) is 2.38. The predicted molar refractivity (Wildman–Crippen MR) is 83.4 cm³/mol. The highest BCUT2D eigenvalue weighted by Crippen LogP contribution is 2.30. The van der Waals surface area contributed by atoms with Gasteiger partial charge in [-0.05, 0) is 24.3 Å². The Hall–Kier alpha value is -2.56. The van der Waals surface area contributed by atoms with Crippen LogP contribution in [0.3, 0.4) is 0 Å². The molecular formula is C13H14F3N5O2S. The van der Waals surface area contributed by atoms with Crippen molar-refractivity contribution in [3.05, 3.63) is 35.9 Å². The van der Waals surface area contributed by atoms with E-state index in [-0.39, 0.29) is 16.7 Å². The molecule has 0 radical (unpaired) electrons. The first-order chi connectivity index (χ1) is 11.2. The molecule has 7 nitrogen and oxygen atoms in total. The monoisotopic (exact) mass is 361 g/mol. The lowest BCUT2D eigenvalue weighted by Crippen LogP contribution is -2.15. The van der Waals surface area contributed by atoms with Gasteiger partial charge in [-0.2, -0.15) is 23.1 Å². The number of anilines is 3. The summed E-state index contributed by atoms with van der Waals surface area (Å²) in [5.74, 6) is 0.505. The lowest BCUT2D eigenvalue weighted by atomic mass is 10.2. The lowest BCUT2D eigenvalue weighted by molar-refractivity contribution is -0.137. The summed E-state index contributed by atoms with van der Waals surface area (Å²) in [5.41, 5.74) is -0.932. The molecule has 1 aromatic heterocycles. The number of sulfonamides is 1. The molecule has 0 aliphatic carbocycles. The molecule has 0 fully saturated rings. The minimum Gasteiger partial charge on any atom is -0.373 e. The van der Waals surface area contributed by atoms with Crippen LogP contribution in [0.4, 0.5) is 30.8 Å². The van der Waals surface area contributed by atoms with Crippen molar-refractivity contribution >= 4 is 27.6 Å². The van der Waals surface area contributed by atoms with E-state index in [0.717, 1.165) is 12.1 Å². The van der Waals surface area contributed by atoms with Crippen LogP contribution in [0.5, 0.6) is 0 Å². The topological polar surface area (TPSA) is 96.0 Å². The average Bonchev–Trinajstić information content (AvgIpc) is 2.53. The first kappa shape index (κ1) is 17.8. The highest BCUT2D eigenvalue weighted by molar-refractivity contribution is 7.92. The Kier molecular flexibility index (Phi) is 4.83. The Balaban J connectivity index is 2.31. The van der Waals surface area contributed by atoms with E-state index >= 15 is 0 Å². The van der Waals surface area contributed by atoms with E-state index in [4.69, 9.17) is 0 Å². The molecule has 0 saturated carbocycles. The van der Waals surface area contributed by atoms with E-state index in [9.17, 15) is 21.6 Å². The normalized spacial score (nSPS) is 11.9. The van der Waals surface area contributed by atoms with Gasteiger partial charge in [0.15, 0.2) is 0 Å². The van der Waals surface area contributed by atoms with Crippen LogP contribution < -0.4 is 15.4 Å². The molecule has 0 unspecified atom stereocenters. The second-order valence-electron chi connectivity index (χ2n) is 4.59. The van der Waals surface area contributed by atoms with Crippen LogP contribution in [0, 0.1) is 0 Å². The molecule has 0 bridgehead atoms. The highest BCUT2D eigenvalue weighted by Gasteiger charge is 2.30. The molecule has 3 N–H and O–H groups in total. The van der Waals surface area contributed by atoms with Gasteiger partial charge in [0, 0.05) is 20.2 Å². The standard InChI is InChI=1S/C13H14F3N5O2S/c1-17-10-7-11(20-12(18-2)19-10)21-24(22,23)9-5-3-8(4-6-9)13(14,15)16/h3-7H,1-2H3,(H3,17,18,19,20,21). The van der Waals surface area contributed by atoms with E-state index in [0.29, 0.717) is 18.0 Å². The lowest BCUT2D eigenvalue weighted by Gasteiger charge is -2.11. The molecule has 130 valence electrons. The third-order valence-corrected chi connectivity index (χ3v) is 4.31. The summed E-state index contributed by atoms with van der Waals surface area (Å²) in [6.45, 7) is 0. The van der Waals surface area contributed by atoms with E-state index in [2.05, 4.69) is 25.3 Å². The molecule has 1 aromatic carbocycles. The zero-order valence-electron chi connectivity index (χ0n) is 12.6. The van der Waals surface area contributed by atoms with Crippen molar-refractivity contribution in [3.8, 4) is 0 Å². The fourth-order valence-electron chi connectivity index (χ4n) is 1.76. The molecule has 11 heteroatoms. The molecule has 0 spiro atoms. The van der Waals surface area contributed by atoms with Crippen molar-refractivity contribution < 1.29 is 21.6 Å². The number of aromatic nitrogens is 2. The number of nitrogens with one attached hydrogen (secondary N) is 3. The third-order valence-electron chi connectivity index (χ3n) is 2.94. The van der Waals surface area contributed by atoms with Crippen LogP contribution in [-0.2, 0) is 16.2 Å². The van der Waals surface area contributed by atoms with Crippen molar-refractivity contribution in [2.75, 3.05) is 29.5 Å². The molecule has 2 aromatic rings. The Bertz CT molecular complexity index is 800. The molecule has 0 amide bonds. The van der Waals surface area contributed by atoms with Crippen LogP contribution in [0.2, 0.25) is 0 Å². The van der Waals surface area contributed by atoms with Crippen molar-refractivity contribution in [3.63, 3.8) is 0 Å². The number of hydrogen-bond donors (Lipinski definition) is 3. The maximum absolute atomic E-state index is 12.5. The van der Waals surface area contributed by atoms with Crippen molar-refractivity contribution in [2.24, 2.45) is 0 Å². The number of nitrogens with zero attached hydrogens (tertiary/aromatic N) is 2.